The van der Waals surface area contributed by atoms with Gasteiger partial charge in [0.05, 0.1) is 12.8 Å². The first-order chi connectivity index (χ1) is 11.0. The summed E-state index contributed by atoms with van der Waals surface area (Å²) in [6.45, 7) is 3.62. The molecule has 1 aliphatic carbocycles. The van der Waals surface area contributed by atoms with E-state index in [1.54, 1.807) is 20.0 Å². The number of imidazole rings is 1. The van der Waals surface area contributed by atoms with Crippen LogP contribution in [0.5, 0.6) is 0 Å². The minimum atomic E-state index is -0.698. The lowest BCUT2D eigenvalue weighted by Crippen LogP contribution is -2.46. The monoisotopic (exact) mass is 319 g/mol. The molecule has 2 heterocycles. The molecule has 3 rings (SSSR count). The van der Waals surface area contributed by atoms with Crippen LogP contribution in [-0.2, 0) is 9.53 Å². The van der Waals surface area contributed by atoms with Crippen LogP contribution >= 0.6 is 0 Å². The summed E-state index contributed by atoms with van der Waals surface area (Å²) >= 11 is 0. The third-order valence-electron chi connectivity index (χ3n) is 3.93. The molecule has 1 unspecified atom stereocenters. The molecule has 0 N–H and O–H groups in total. The summed E-state index contributed by atoms with van der Waals surface area (Å²) in [5.74, 6) is -1.18. The molecule has 0 spiro atoms. The number of ether oxygens (including phenoxy) is 1. The van der Waals surface area contributed by atoms with Gasteiger partial charge >= 0.3 is 5.97 Å². The normalized spacial score (nSPS) is 15.4. The second-order valence-corrected chi connectivity index (χ2v) is 5.56. The van der Waals surface area contributed by atoms with Gasteiger partial charge in [0.25, 0.3) is 5.91 Å². The fourth-order valence-electron chi connectivity index (χ4n) is 2.65. The predicted octanol–water partition coefficient (Wildman–Crippen LogP) is 2.03. The Morgan fingerprint density at radius 3 is 2.91 bits per heavy atom. The quantitative estimate of drug-likeness (QED) is 0.791. The highest BCUT2D eigenvalue weighted by Gasteiger charge is 2.40. The third kappa shape index (κ3) is 2.78. The van der Waals surface area contributed by atoms with E-state index in [9.17, 15) is 14.0 Å². The molecule has 122 valence electrons. The zero-order valence-corrected chi connectivity index (χ0v) is 13.0. The smallest absolute Gasteiger partial charge is 0.328 e. The number of carbonyl (C=O) groups excluding carboxylic acids is 2. The van der Waals surface area contributed by atoms with E-state index in [-0.39, 0.29) is 24.0 Å². The van der Waals surface area contributed by atoms with Gasteiger partial charge in [-0.25, -0.2) is 14.2 Å². The zero-order chi connectivity index (χ0) is 16.6. The van der Waals surface area contributed by atoms with Gasteiger partial charge in [0.1, 0.15) is 17.4 Å². The van der Waals surface area contributed by atoms with E-state index in [2.05, 4.69) is 4.98 Å². The fourth-order valence-corrected chi connectivity index (χ4v) is 2.65. The van der Waals surface area contributed by atoms with Crippen molar-refractivity contribution < 1.29 is 18.7 Å². The average molecular weight is 319 g/mol. The highest BCUT2D eigenvalue weighted by Crippen LogP contribution is 2.30. The van der Waals surface area contributed by atoms with Crippen molar-refractivity contribution in [2.45, 2.75) is 38.8 Å². The summed E-state index contributed by atoms with van der Waals surface area (Å²) in [6.07, 6.45) is 4.59. The Bertz CT molecular complexity index is 754. The number of carbonyl (C=O) groups is 2. The molecule has 1 saturated carbocycles. The average Bonchev–Trinajstić information content (AvgIpc) is 3.25. The van der Waals surface area contributed by atoms with Crippen LogP contribution in [0.4, 0.5) is 4.39 Å². The molecule has 1 aliphatic rings. The van der Waals surface area contributed by atoms with Crippen molar-refractivity contribution in [1.82, 2.24) is 14.3 Å². The van der Waals surface area contributed by atoms with Gasteiger partial charge in [-0.3, -0.25) is 9.20 Å². The van der Waals surface area contributed by atoms with Gasteiger partial charge in [-0.1, -0.05) is 0 Å². The van der Waals surface area contributed by atoms with Gasteiger partial charge in [0, 0.05) is 12.2 Å². The summed E-state index contributed by atoms with van der Waals surface area (Å²) in [4.78, 5) is 30.4. The molecule has 0 radical (unpaired) electrons. The number of nitrogens with zero attached hydrogens (tertiary/aromatic N) is 3. The molecule has 1 fully saturated rings. The molecule has 0 saturated heterocycles. The Labute approximate surface area is 132 Å². The topological polar surface area (TPSA) is 63.9 Å². The molecule has 0 bridgehead atoms. The van der Waals surface area contributed by atoms with Crippen LogP contribution < -0.4 is 0 Å². The first-order valence-electron chi connectivity index (χ1n) is 7.65. The van der Waals surface area contributed by atoms with Crippen molar-refractivity contribution in [3.63, 3.8) is 0 Å². The second-order valence-electron chi connectivity index (χ2n) is 5.56. The van der Waals surface area contributed by atoms with E-state index in [0.717, 1.165) is 12.8 Å². The lowest BCUT2D eigenvalue weighted by atomic mass is 10.2. The van der Waals surface area contributed by atoms with Crippen molar-refractivity contribution in [3.8, 4) is 0 Å². The van der Waals surface area contributed by atoms with Crippen molar-refractivity contribution in [3.05, 3.63) is 36.2 Å². The Balaban J connectivity index is 1.95. The summed E-state index contributed by atoms with van der Waals surface area (Å²) in [5.41, 5.74) is 0.232. The molecule has 0 aliphatic heterocycles. The van der Waals surface area contributed by atoms with E-state index < -0.39 is 23.7 Å². The zero-order valence-electron chi connectivity index (χ0n) is 13.0. The third-order valence-corrected chi connectivity index (χ3v) is 3.93. The Kier molecular flexibility index (Phi) is 4.02. The number of halogens is 1. The van der Waals surface area contributed by atoms with E-state index in [4.69, 9.17) is 4.74 Å². The van der Waals surface area contributed by atoms with Crippen LogP contribution in [0.15, 0.2) is 24.5 Å². The number of aromatic nitrogens is 2. The van der Waals surface area contributed by atoms with E-state index in [1.165, 1.54) is 27.6 Å². The van der Waals surface area contributed by atoms with E-state index in [0.29, 0.717) is 0 Å². The lowest BCUT2D eigenvalue weighted by Gasteiger charge is -2.27. The van der Waals surface area contributed by atoms with E-state index in [1.807, 2.05) is 0 Å². The maximum Gasteiger partial charge on any atom is 0.328 e. The molecule has 0 aromatic carbocycles. The maximum absolute atomic E-state index is 13.8. The van der Waals surface area contributed by atoms with Crippen LogP contribution in [0.25, 0.3) is 5.52 Å². The molecular formula is C16H18FN3O3. The summed E-state index contributed by atoms with van der Waals surface area (Å²) < 4.78 is 20.2. The standard InChI is InChI=1S/C16H18FN3O3/c1-3-23-16(22)10(2)20(11-6-7-11)15(21)14-18-9-13-12(17)5-4-8-19(13)14/h4-5,8-11H,3,6-7H2,1-2H3. The molecule has 2 aromatic heterocycles. The van der Waals surface area contributed by atoms with Gasteiger partial charge in [0.2, 0.25) is 5.82 Å². The SMILES string of the molecule is CCOC(=O)C(C)N(C(=O)c1ncc2c(F)cccn12)C1CC1. The Morgan fingerprint density at radius 2 is 2.26 bits per heavy atom. The number of esters is 1. The molecular weight excluding hydrogens is 301 g/mol. The van der Waals surface area contributed by atoms with Gasteiger partial charge < -0.3 is 9.64 Å². The maximum atomic E-state index is 13.8. The van der Waals surface area contributed by atoms with Gasteiger partial charge in [-0.2, -0.15) is 0 Å². The van der Waals surface area contributed by atoms with Crippen LogP contribution in [0, 0.1) is 5.82 Å². The molecule has 1 amide bonds. The highest BCUT2D eigenvalue weighted by atomic mass is 19.1. The highest BCUT2D eigenvalue weighted by molar-refractivity contribution is 5.95. The predicted molar refractivity (Wildman–Crippen MR) is 80.4 cm³/mol. The van der Waals surface area contributed by atoms with Crippen LogP contribution in [-0.4, -0.2) is 44.9 Å². The molecule has 23 heavy (non-hydrogen) atoms. The molecule has 2 aromatic rings. The van der Waals surface area contributed by atoms with Crippen molar-refractivity contribution in [2.24, 2.45) is 0 Å². The second kappa shape index (κ2) is 5.98. The molecule has 6 nitrogen and oxygen atoms in total. The number of pyridine rings is 1. The number of hydrogen-bond acceptors (Lipinski definition) is 4. The molecule has 7 heteroatoms. The Hall–Kier alpha value is -2.44. The van der Waals surface area contributed by atoms with Crippen molar-refractivity contribution >= 4 is 17.4 Å². The molecule has 1 atom stereocenters. The van der Waals surface area contributed by atoms with Crippen LogP contribution in [0.1, 0.15) is 37.3 Å². The van der Waals surface area contributed by atoms with Crippen LogP contribution in [0.2, 0.25) is 0 Å². The Morgan fingerprint density at radius 1 is 1.52 bits per heavy atom. The minimum absolute atomic E-state index is 0.00261. The number of amides is 1. The van der Waals surface area contributed by atoms with Crippen molar-refractivity contribution in [1.29, 1.82) is 0 Å². The van der Waals surface area contributed by atoms with Gasteiger partial charge in [-0.15, -0.1) is 0 Å². The lowest BCUT2D eigenvalue weighted by molar-refractivity contribution is -0.148. The van der Waals surface area contributed by atoms with Crippen molar-refractivity contribution in [2.75, 3.05) is 6.61 Å². The number of rotatable bonds is 5. The minimum Gasteiger partial charge on any atom is -0.464 e. The number of fused-ring (bicyclic) bond motifs is 1. The first kappa shape index (κ1) is 15.5. The van der Waals surface area contributed by atoms with Gasteiger partial charge in [0.15, 0.2) is 0 Å². The largest absolute Gasteiger partial charge is 0.464 e. The summed E-state index contributed by atoms with van der Waals surface area (Å²) in [7, 11) is 0. The van der Waals surface area contributed by atoms with E-state index >= 15 is 0 Å². The summed E-state index contributed by atoms with van der Waals surface area (Å²) in [6, 6.07) is 2.13. The fraction of sp³-hybridized carbons (Fsp3) is 0.438. The summed E-state index contributed by atoms with van der Waals surface area (Å²) in [5, 5.41) is 0. The number of hydrogen-bond donors (Lipinski definition) is 0. The van der Waals surface area contributed by atoms with Gasteiger partial charge in [-0.05, 0) is 38.8 Å². The van der Waals surface area contributed by atoms with Crippen LogP contribution in [0.3, 0.4) is 0 Å². The first-order valence-corrected chi connectivity index (χ1v) is 7.65.